The van der Waals surface area contributed by atoms with Gasteiger partial charge in [-0.15, -0.1) is 12.3 Å². The SMILES string of the molecule is C#CCC(NC)c1ccc(N(C)C)cc1. The summed E-state index contributed by atoms with van der Waals surface area (Å²) in [6, 6.07) is 8.71. The van der Waals surface area contributed by atoms with Crippen molar-refractivity contribution in [1.29, 1.82) is 0 Å². The molecule has 1 atom stereocenters. The van der Waals surface area contributed by atoms with Crippen molar-refractivity contribution in [2.45, 2.75) is 12.5 Å². The molecule has 0 amide bonds. The zero-order valence-electron chi connectivity index (χ0n) is 9.62. The van der Waals surface area contributed by atoms with E-state index in [-0.39, 0.29) is 6.04 Å². The van der Waals surface area contributed by atoms with Gasteiger partial charge in [0.2, 0.25) is 0 Å². The Morgan fingerprint density at radius 2 is 1.93 bits per heavy atom. The van der Waals surface area contributed by atoms with Gasteiger partial charge in [0.25, 0.3) is 0 Å². The maximum atomic E-state index is 5.32. The van der Waals surface area contributed by atoms with E-state index in [1.165, 1.54) is 11.3 Å². The number of hydrogen-bond acceptors (Lipinski definition) is 2. The molecule has 0 spiro atoms. The van der Waals surface area contributed by atoms with Crippen LogP contribution in [0.3, 0.4) is 0 Å². The highest BCUT2D eigenvalue weighted by molar-refractivity contribution is 5.46. The summed E-state index contributed by atoms with van der Waals surface area (Å²) in [7, 11) is 6.00. The molecule has 0 radical (unpaired) electrons. The summed E-state index contributed by atoms with van der Waals surface area (Å²) >= 11 is 0. The molecule has 0 aliphatic rings. The molecule has 0 heterocycles. The molecule has 0 bridgehead atoms. The van der Waals surface area contributed by atoms with Crippen molar-refractivity contribution < 1.29 is 0 Å². The number of anilines is 1. The van der Waals surface area contributed by atoms with Crippen LogP contribution in [0.4, 0.5) is 5.69 Å². The number of terminal acetylenes is 1. The van der Waals surface area contributed by atoms with Crippen LogP contribution >= 0.6 is 0 Å². The number of benzene rings is 1. The lowest BCUT2D eigenvalue weighted by Crippen LogP contribution is -2.16. The quantitative estimate of drug-likeness (QED) is 0.752. The predicted molar refractivity (Wildman–Crippen MR) is 66.0 cm³/mol. The highest BCUT2D eigenvalue weighted by Crippen LogP contribution is 2.19. The summed E-state index contributed by atoms with van der Waals surface area (Å²) in [4.78, 5) is 2.08. The normalized spacial score (nSPS) is 11.9. The van der Waals surface area contributed by atoms with Gasteiger partial charge in [0.15, 0.2) is 0 Å². The second kappa shape index (κ2) is 5.43. The largest absolute Gasteiger partial charge is 0.378 e. The van der Waals surface area contributed by atoms with E-state index in [1.807, 2.05) is 21.1 Å². The van der Waals surface area contributed by atoms with E-state index < -0.39 is 0 Å². The average Bonchev–Trinajstić information content (AvgIpc) is 2.26. The van der Waals surface area contributed by atoms with Gasteiger partial charge in [0, 0.05) is 32.2 Å². The Bertz CT molecular complexity index is 333. The third-order valence-electron chi connectivity index (χ3n) is 2.48. The van der Waals surface area contributed by atoms with Crippen molar-refractivity contribution in [2.75, 3.05) is 26.0 Å². The Morgan fingerprint density at radius 3 is 2.33 bits per heavy atom. The third-order valence-corrected chi connectivity index (χ3v) is 2.48. The zero-order chi connectivity index (χ0) is 11.3. The van der Waals surface area contributed by atoms with Crippen molar-refractivity contribution >= 4 is 5.69 Å². The molecular weight excluding hydrogens is 184 g/mol. The van der Waals surface area contributed by atoms with Gasteiger partial charge in [-0.1, -0.05) is 12.1 Å². The fourth-order valence-corrected chi connectivity index (χ4v) is 1.51. The summed E-state index contributed by atoms with van der Waals surface area (Å²) < 4.78 is 0. The van der Waals surface area contributed by atoms with Crippen LogP contribution < -0.4 is 10.2 Å². The average molecular weight is 202 g/mol. The van der Waals surface area contributed by atoms with Gasteiger partial charge in [0.1, 0.15) is 0 Å². The van der Waals surface area contributed by atoms with E-state index in [4.69, 9.17) is 6.42 Å². The molecule has 0 aliphatic heterocycles. The summed E-state index contributed by atoms with van der Waals surface area (Å²) in [5.74, 6) is 2.68. The van der Waals surface area contributed by atoms with Crippen LogP contribution in [0.25, 0.3) is 0 Å². The minimum atomic E-state index is 0.256. The second-order valence-electron chi connectivity index (χ2n) is 3.74. The van der Waals surface area contributed by atoms with Gasteiger partial charge in [-0.2, -0.15) is 0 Å². The molecule has 0 saturated heterocycles. The highest BCUT2D eigenvalue weighted by Gasteiger charge is 2.07. The first kappa shape index (κ1) is 11.6. The molecule has 0 aliphatic carbocycles. The molecule has 1 aromatic carbocycles. The monoisotopic (exact) mass is 202 g/mol. The number of nitrogens with one attached hydrogen (secondary N) is 1. The standard InChI is InChI=1S/C13H18N2/c1-5-6-13(14-2)11-7-9-12(10-8-11)15(3)4/h1,7-10,13-14H,6H2,2-4H3. The molecule has 80 valence electrons. The van der Waals surface area contributed by atoms with E-state index in [1.54, 1.807) is 0 Å². The van der Waals surface area contributed by atoms with Crippen molar-refractivity contribution in [2.24, 2.45) is 0 Å². The van der Waals surface area contributed by atoms with Gasteiger partial charge < -0.3 is 10.2 Å². The Balaban J connectivity index is 2.83. The number of rotatable bonds is 4. The minimum Gasteiger partial charge on any atom is -0.378 e. The van der Waals surface area contributed by atoms with Crippen LogP contribution in [-0.2, 0) is 0 Å². The number of hydrogen-bond donors (Lipinski definition) is 1. The van der Waals surface area contributed by atoms with E-state index >= 15 is 0 Å². The second-order valence-corrected chi connectivity index (χ2v) is 3.74. The molecule has 15 heavy (non-hydrogen) atoms. The fourth-order valence-electron chi connectivity index (χ4n) is 1.51. The summed E-state index contributed by atoms with van der Waals surface area (Å²) in [6.45, 7) is 0. The lowest BCUT2D eigenvalue weighted by molar-refractivity contribution is 0.611. The molecule has 1 N–H and O–H groups in total. The summed E-state index contributed by atoms with van der Waals surface area (Å²) in [6.07, 6.45) is 6.04. The highest BCUT2D eigenvalue weighted by atomic mass is 15.1. The topological polar surface area (TPSA) is 15.3 Å². The van der Waals surface area contributed by atoms with Crippen LogP contribution in [-0.4, -0.2) is 21.1 Å². The zero-order valence-corrected chi connectivity index (χ0v) is 9.62. The molecular formula is C13H18N2. The molecule has 2 heteroatoms. The lowest BCUT2D eigenvalue weighted by Gasteiger charge is -2.16. The van der Waals surface area contributed by atoms with Gasteiger partial charge >= 0.3 is 0 Å². The predicted octanol–water partition coefficient (Wildman–Crippen LogP) is 2.04. The van der Waals surface area contributed by atoms with Gasteiger partial charge in [-0.05, 0) is 24.7 Å². The fraction of sp³-hybridized carbons (Fsp3) is 0.385. The third kappa shape index (κ3) is 3.00. The lowest BCUT2D eigenvalue weighted by atomic mass is 10.0. The molecule has 0 saturated carbocycles. The van der Waals surface area contributed by atoms with Gasteiger partial charge in [-0.3, -0.25) is 0 Å². The molecule has 2 nitrogen and oxygen atoms in total. The van der Waals surface area contributed by atoms with Crippen LogP contribution in [0, 0.1) is 12.3 Å². The Hall–Kier alpha value is -1.46. The molecule has 1 rings (SSSR count). The summed E-state index contributed by atoms with van der Waals surface area (Å²) in [5, 5.41) is 3.21. The van der Waals surface area contributed by atoms with Gasteiger partial charge in [0.05, 0.1) is 0 Å². The van der Waals surface area contributed by atoms with E-state index in [0.29, 0.717) is 0 Å². The Morgan fingerprint density at radius 1 is 1.33 bits per heavy atom. The van der Waals surface area contributed by atoms with Crippen molar-refractivity contribution in [3.8, 4) is 12.3 Å². The smallest absolute Gasteiger partial charge is 0.0428 e. The van der Waals surface area contributed by atoms with E-state index in [9.17, 15) is 0 Å². The first-order chi connectivity index (χ1) is 7.19. The van der Waals surface area contributed by atoms with Crippen molar-refractivity contribution in [1.82, 2.24) is 5.32 Å². The molecule has 0 fully saturated rings. The minimum absolute atomic E-state index is 0.256. The van der Waals surface area contributed by atoms with Gasteiger partial charge in [-0.25, -0.2) is 0 Å². The summed E-state index contributed by atoms with van der Waals surface area (Å²) in [5.41, 5.74) is 2.44. The van der Waals surface area contributed by atoms with E-state index in [2.05, 4.69) is 40.4 Å². The molecule has 1 aromatic rings. The van der Waals surface area contributed by atoms with Crippen LogP contribution in [0.5, 0.6) is 0 Å². The maximum Gasteiger partial charge on any atom is 0.0428 e. The molecule has 0 aromatic heterocycles. The van der Waals surface area contributed by atoms with Crippen molar-refractivity contribution in [3.63, 3.8) is 0 Å². The molecule has 1 unspecified atom stereocenters. The van der Waals surface area contributed by atoms with E-state index in [0.717, 1.165) is 6.42 Å². The Labute approximate surface area is 92.3 Å². The first-order valence-corrected chi connectivity index (χ1v) is 5.07. The number of nitrogens with zero attached hydrogens (tertiary/aromatic N) is 1. The van der Waals surface area contributed by atoms with Crippen LogP contribution in [0.2, 0.25) is 0 Å². The van der Waals surface area contributed by atoms with Crippen molar-refractivity contribution in [3.05, 3.63) is 29.8 Å². The maximum absolute atomic E-state index is 5.32. The van der Waals surface area contributed by atoms with Crippen LogP contribution in [0.1, 0.15) is 18.0 Å². The first-order valence-electron chi connectivity index (χ1n) is 5.07. The Kier molecular flexibility index (Phi) is 4.20. The van der Waals surface area contributed by atoms with Crippen LogP contribution in [0.15, 0.2) is 24.3 Å².